The number of nitrogens with one attached hydrogen (secondary N) is 2. The Hall–Kier alpha value is -3.96. The van der Waals surface area contributed by atoms with E-state index in [-0.39, 0.29) is 6.54 Å². The fourth-order valence-corrected chi connectivity index (χ4v) is 5.56. The summed E-state index contributed by atoms with van der Waals surface area (Å²) in [5.41, 5.74) is 6.16. The molecular weight excluding hydrogens is 525 g/mol. The molecule has 0 spiro atoms. The second-order valence-electron chi connectivity index (χ2n) is 10.7. The monoisotopic (exact) mass is 560 g/mol. The molecule has 2 N–H and O–H groups in total. The molecule has 1 aliphatic heterocycles. The number of piperidine rings is 1. The van der Waals surface area contributed by atoms with Crippen LogP contribution in [0, 0.1) is 17.8 Å². The Morgan fingerprint density at radius 1 is 1.02 bits per heavy atom. The third-order valence-electron chi connectivity index (χ3n) is 7.77. The summed E-state index contributed by atoms with van der Waals surface area (Å²) < 4.78 is 46.2. The van der Waals surface area contributed by atoms with Crippen molar-refractivity contribution in [2.75, 3.05) is 44.4 Å². The average molecular weight is 561 g/mol. The first-order valence-electron chi connectivity index (χ1n) is 14.0. The van der Waals surface area contributed by atoms with Crippen LogP contribution >= 0.6 is 0 Å². The second-order valence-corrected chi connectivity index (χ2v) is 10.7. The Morgan fingerprint density at radius 3 is 2.54 bits per heavy atom. The number of benzene rings is 2. The number of allylic oxidation sites excluding steroid dienone is 1. The number of aromatic nitrogens is 1. The zero-order valence-electron chi connectivity index (χ0n) is 23.4. The Balaban J connectivity index is 1.35. The molecule has 3 aromatic rings. The first-order chi connectivity index (χ1) is 19.8. The molecule has 1 saturated heterocycles. The molecule has 0 amide bonds. The van der Waals surface area contributed by atoms with Crippen LogP contribution < -0.4 is 15.4 Å². The van der Waals surface area contributed by atoms with Crippen molar-refractivity contribution in [1.82, 2.24) is 9.88 Å². The Bertz CT molecular complexity index is 1430. The molecular formula is C33H35F3N4O. The maximum Gasteiger partial charge on any atom is 0.389 e. The summed E-state index contributed by atoms with van der Waals surface area (Å²) in [6, 6.07) is 15.9. The van der Waals surface area contributed by atoms with Crippen molar-refractivity contribution in [1.29, 1.82) is 0 Å². The SMILES string of the molecule is COc1cc(-c2ccncc2)ccc1NCC#CC1=Cc2c(cccc2NC2CCN(C)CC2)CC1CC(F)(F)F. The van der Waals surface area contributed by atoms with E-state index in [9.17, 15) is 13.2 Å². The minimum atomic E-state index is -4.27. The molecule has 0 saturated carbocycles. The number of ether oxygens (including phenoxy) is 1. The highest BCUT2D eigenvalue weighted by atomic mass is 19.4. The Labute approximate surface area is 239 Å². The van der Waals surface area contributed by atoms with Crippen LogP contribution in [0.25, 0.3) is 17.2 Å². The van der Waals surface area contributed by atoms with Gasteiger partial charge in [0, 0.05) is 41.2 Å². The number of alkyl halides is 3. The maximum absolute atomic E-state index is 13.5. The number of halogens is 3. The normalized spacial score (nSPS) is 17.6. The van der Waals surface area contributed by atoms with Gasteiger partial charge < -0.3 is 20.3 Å². The number of fused-ring (bicyclic) bond motifs is 1. The highest BCUT2D eigenvalue weighted by Crippen LogP contribution is 2.39. The lowest BCUT2D eigenvalue weighted by atomic mass is 9.81. The number of hydrogen-bond donors (Lipinski definition) is 2. The topological polar surface area (TPSA) is 49.4 Å². The Morgan fingerprint density at radius 2 is 1.80 bits per heavy atom. The Kier molecular flexibility index (Phi) is 8.84. The fraction of sp³-hybridized carbons (Fsp3) is 0.364. The molecule has 1 fully saturated rings. The van der Waals surface area contributed by atoms with Crippen LogP contribution in [0.3, 0.4) is 0 Å². The van der Waals surface area contributed by atoms with Gasteiger partial charge in [-0.05, 0) is 92.5 Å². The molecule has 2 aliphatic rings. The van der Waals surface area contributed by atoms with Gasteiger partial charge in [0.15, 0.2) is 0 Å². The van der Waals surface area contributed by atoms with E-state index in [4.69, 9.17) is 4.74 Å². The molecule has 214 valence electrons. The highest BCUT2D eigenvalue weighted by molar-refractivity contribution is 5.76. The minimum Gasteiger partial charge on any atom is -0.495 e. The first-order valence-corrected chi connectivity index (χ1v) is 14.0. The second kappa shape index (κ2) is 12.7. The van der Waals surface area contributed by atoms with E-state index in [0.29, 0.717) is 23.8 Å². The van der Waals surface area contributed by atoms with Crippen molar-refractivity contribution in [3.63, 3.8) is 0 Å². The van der Waals surface area contributed by atoms with E-state index in [2.05, 4.69) is 39.4 Å². The molecule has 41 heavy (non-hydrogen) atoms. The van der Waals surface area contributed by atoms with Gasteiger partial charge in [-0.3, -0.25) is 4.98 Å². The number of hydrogen-bond acceptors (Lipinski definition) is 5. The van der Waals surface area contributed by atoms with Gasteiger partial charge in [-0.25, -0.2) is 0 Å². The molecule has 8 heteroatoms. The maximum atomic E-state index is 13.5. The highest BCUT2D eigenvalue weighted by Gasteiger charge is 2.35. The number of rotatable bonds is 7. The van der Waals surface area contributed by atoms with Gasteiger partial charge in [0.25, 0.3) is 0 Å². The molecule has 2 heterocycles. The van der Waals surface area contributed by atoms with Crippen LogP contribution in [0.15, 0.2) is 66.5 Å². The van der Waals surface area contributed by atoms with E-state index in [1.807, 2.05) is 54.6 Å². The zero-order valence-corrected chi connectivity index (χ0v) is 23.4. The third-order valence-corrected chi connectivity index (χ3v) is 7.77. The lowest BCUT2D eigenvalue weighted by molar-refractivity contribution is -0.141. The average Bonchev–Trinajstić information content (AvgIpc) is 2.96. The number of anilines is 2. The zero-order chi connectivity index (χ0) is 28.8. The number of methoxy groups -OCH3 is 1. The van der Waals surface area contributed by atoms with Gasteiger partial charge in [0.2, 0.25) is 0 Å². The molecule has 5 rings (SSSR count). The van der Waals surface area contributed by atoms with Crippen molar-refractivity contribution in [2.45, 2.75) is 37.9 Å². The van der Waals surface area contributed by atoms with Gasteiger partial charge in [-0.1, -0.05) is 30.0 Å². The lowest BCUT2D eigenvalue weighted by Gasteiger charge is -2.32. The third kappa shape index (κ3) is 7.42. The number of pyridine rings is 1. The van der Waals surface area contributed by atoms with Crippen molar-refractivity contribution >= 4 is 17.5 Å². The molecule has 0 radical (unpaired) electrons. The number of likely N-dealkylation sites (tertiary alicyclic amines) is 1. The van der Waals surface area contributed by atoms with Gasteiger partial charge >= 0.3 is 6.18 Å². The first kappa shape index (κ1) is 28.6. The lowest BCUT2D eigenvalue weighted by Crippen LogP contribution is -2.36. The predicted octanol–water partition coefficient (Wildman–Crippen LogP) is 6.89. The van der Waals surface area contributed by atoms with Gasteiger partial charge in [-0.15, -0.1) is 0 Å². The summed E-state index contributed by atoms with van der Waals surface area (Å²) in [6.07, 6.45) is 2.56. The summed E-state index contributed by atoms with van der Waals surface area (Å²) >= 11 is 0. The van der Waals surface area contributed by atoms with Crippen LogP contribution in [-0.4, -0.2) is 55.9 Å². The predicted molar refractivity (Wildman–Crippen MR) is 159 cm³/mol. The van der Waals surface area contributed by atoms with Crippen molar-refractivity contribution in [3.8, 4) is 28.7 Å². The minimum absolute atomic E-state index is 0.267. The van der Waals surface area contributed by atoms with E-state index in [1.165, 1.54) is 0 Å². The summed E-state index contributed by atoms with van der Waals surface area (Å²) in [6.45, 7) is 2.32. The van der Waals surface area contributed by atoms with Gasteiger partial charge in [0.05, 0.1) is 25.8 Å². The molecule has 5 nitrogen and oxygen atoms in total. The van der Waals surface area contributed by atoms with E-state index in [1.54, 1.807) is 19.5 Å². The summed E-state index contributed by atoms with van der Waals surface area (Å²) in [5.74, 6) is 6.10. The van der Waals surface area contributed by atoms with Crippen molar-refractivity contribution < 1.29 is 17.9 Å². The molecule has 0 bridgehead atoms. The summed E-state index contributed by atoms with van der Waals surface area (Å²) in [5, 5.41) is 6.92. The smallest absolute Gasteiger partial charge is 0.389 e. The van der Waals surface area contributed by atoms with Crippen LogP contribution in [0.1, 0.15) is 30.4 Å². The largest absolute Gasteiger partial charge is 0.495 e. The van der Waals surface area contributed by atoms with Crippen LogP contribution in [0.2, 0.25) is 0 Å². The van der Waals surface area contributed by atoms with Gasteiger partial charge in [-0.2, -0.15) is 13.2 Å². The van der Waals surface area contributed by atoms with E-state index >= 15 is 0 Å². The quantitative estimate of drug-likeness (QED) is 0.309. The van der Waals surface area contributed by atoms with Gasteiger partial charge in [0.1, 0.15) is 5.75 Å². The molecule has 2 aromatic carbocycles. The van der Waals surface area contributed by atoms with Crippen molar-refractivity contribution in [2.24, 2.45) is 5.92 Å². The number of nitrogens with zero attached hydrogens (tertiary/aromatic N) is 2. The van der Waals surface area contributed by atoms with E-state index in [0.717, 1.165) is 59.6 Å². The fourth-order valence-electron chi connectivity index (χ4n) is 5.56. The summed E-state index contributed by atoms with van der Waals surface area (Å²) in [7, 11) is 3.73. The molecule has 1 atom stereocenters. The van der Waals surface area contributed by atoms with E-state index < -0.39 is 18.5 Å². The molecule has 1 aliphatic carbocycles. The molecule has 1 unspecified atom stereocenters. The van der Waals surface area contributed by atoms with Crippen LogP contribution in [0.4, 0.5) is 24.5 Å². The van der Waals surface area contributed by atoms with Crippen molar-refractivity contribution in [3.05, 3.63) is 77.6 Å². The molecule has 1 aromatic heterocycles. The van der Waals surface area contributed by atoms with Crippen LogP contribution in [-0.2, 0) is 6.42 Å². The van der Waals surface area contributed by atoms with Crippen LogP contribution in [0.5, 0.6) is 5.75 Å². The summed E-state index contributed by atoms with van der Waals surface area (Å²) in [4.78, 5) is 6.37. The standard InChI is InChI=1S/C33H35F3N4O/c1-40-17-12-28(13-18-40)39-30-7-3-5-26-19-27(22-33(34,35)36)24(20-29(26)30)6-4-14-38-31-9-8-25(21-32(31)41-2)23-10-15-37-16-11-23/h3,5,7-11,15-16,20-21,27-28,38-39H,12-14,17-19,22H2,1-2H3.